The number of hydrogen-bond acceptors (Lipinski definition) is 4. The predicted molar refractivity (Wildman–Crippen MR) is 95.9 cm³/mol. The molecule has 3 aromatic rings. The quantitative estimate of drug-likeness (QED) is 0.702. The minimum absolute atomic E-state index is 0.301. The second-order valence-electron chi connectivity index (χ2n) is 5.06. The normalized spacial score (nSPS) is 10.6. The number of rotatable bonds is 5. The molecule has 0 bridgehead atoms. The van der Waals surface area contributed by atoms with Crippen LogP contribution in [0.3, 0.4) is 0 Å². The Kier molecular flexibility index (Phi) is 5.17. The molecular formula is C17H15ClN4OS. The van der Waals surface area contributed by atoms with Crippen LogP contribution < -0.4 is 5.43 Å². The van der Waals surface area contributed by atoms with E-state index in [1.54, 1.807) is 35.9 Å². The molecule has 5 nitrogen and oxygen atoms in total. The molecule has 0 fully saturated rings. The standard InChI is InChI=1S/C17H15ClN4OS/c1-12-19-20-17(24-11-13-7-3-2-4-8-13)22(12)21-16(23)14-9-5-6-10-15(14)18/h2-10H,11H2,1H3,(H,21,23). The molecule has 0 unspecified atom stereocenters. The zero-order chi connectivity index (χ0) is 16.9. The summed E-state index contributed by atoms with van der Waals surface area (Å²) >= 11 is 7.58. The Morgan fingerprint density at radius 1 is 1.12 bits per heavy atom. The van der Waals surface area contributed by atoms with Crippen molar-refractivity contribution < 1.29 is 4.79 Å². The Morgan fingerprint density at radius 3 is 2.58 bits per heavy atom. The monoisotopic (exact) mass is 358 g/mol. The van der Waals surface area contributed by atoms with Crippen molar-refractivity contribution in [3.05, 3.63) is 76.6 Å². The van der Waals surface area contributed by atoms with E-state index in [-0.39, 0.29) is 5.91 Å². The summed E-state index contributed by atoms with van der Waals surface area (Å²) in [6.45, 7) is 1.78. The van der Waals surface area contributed by atoms with Crippen LogP contribution in [0.4, 0.5) is 0 Å². The molecule has 7 heteroatoms. The number of halogens is 1. The summed E-state index contributed by atoms with van der Waals surface area (Å²) in [5.74, 6) is 1.04. The van der Waals surface area contributed by atoms with Gasteiger partial charge in [0.05, 0.1) is 10.6 Å². The fraction of sp³-hybridized carbons (Fsp3) is 0.118. The van der Waals surface area contributed by atoms with Crippen molar-refractivity contribution >= 4 is 29.3 Å². The largest absolute Gasteiger partial charge is 0.271 e. The number of aromatic nitrogens is 3. The van der Waals surface area contributed by atoms with Gasteiger partial charge in [0, 0.05) is 5.75 Å². The molecule has 1 amide bonds. The third-order valence-electron chi connectivity index (χ3n) is 3.34. The van der Waals surface area contributed by atoms with Gasteiger partial charge in [0.1, 0.15) is 5.82 Å². The Hall–Kier alpha value is -2.31. The van der Waals surface area contributed by atoms with E-state index in [1.807, 2.05) is 30.3 Å². The molecule has 0 saturated heterocycles. The third-order valence-corrected chi connectivity index (χ3v) is 4.67. The molecule has 3 rings (SSSR count). The number of carbonyl (C=O) groups excluding carboxylic acids is 1. The Bertz CT molecular complexity index is 851. The molecule has 0 radical (unpaired) electrons. The second-order valence-corrected chi connectivity index (χ2v) is 6.41. The highest BCUT2D eigenvalue weighted by Gasteiger charge is 2.15. The molecule has 0 aliphatic heterocycles. The van der Waals surface area contributed by atoms with Gasteiger partial charge in [-0.2, -0.15) is 0 Å². The van der Waals surface area contributed by atoms with Crippen LogP contribution >= 0.6 is 23.4 Å². The summed E-state index contributed by atoms with van der Waals surface area (Å²) in [4.78, 5) is 12.4. The third kappa shape index (κ3) is 3.77. The first kappa shape index (κ1) is 16.5. The van der Waals surface area contributed by atoms with Crippen LogP contribution in [-0.2, 0) is 5.75 Å². The van der Waals surface area contributed by atoms with Gasteiger partial charge < -0.3 is 0 Å². The van der Waals surface area contributed by atoms with E-state index in [2.05, 4.69) is 15.6 Å². The molecule has 0 aliphatic rings. The van der Waals surface area contributed by atoms with Crippen molar-refractivity contribution in [3.63, 3.8) is 0 Å². The van der Waals surface area contributed by atoms with Crippen LogP contribution in [0.5, 0.6) is 0 Å². The molecule has 0 spiro atoms. The fourth-order valence-electron chi connectivity index (χ4n) is 2.09. The first-order chi connectivity index (χ1) is 11.6. The summed E-state index contributed by atoms with van der Waals surface area (Å²) in [6, 6.07) is 17.0. The summed E-state index contributed by atoms with van der Waals surface area (Å²) in [6.07, 6.45) is 0. The van der Waals surface area contributed by atoms with Crippen molar-refractivity contribution in [2.45, 2.75) is 17.8 Å². The van der Waals surface area contributed by atoms with Gasteiger partial charge in [-0.1, -0.05) is 65.8 Å². The zero-order valence-corrected chi connectivity index (χ0v) is 14.5. The van der Waals surface area contributed by atoms with Crippen LogP contribution in [0.1, 0.15) is 21.7 Å². The number of amides is 1. The molecule has 0 aliphatic carbocycles. The van der Waals surface area contributed by atoms with Gasteiger partial charge in [-0.3, -0.25) is 10.2 Å². The van der Waals surface area contributed by atoms with E-state index in [0.717, 1.165) is 5.75 Å². The Labute approximate surface area is 149 Å². The van der Waals surface area contributed by atoms with Crippen LogP contribution in [0.2, 0.25) is 5.02 Å². The lowest BCUT2D eigenvalue weighted by atomic mass is 10.2. The smallest absolute Gasteiger partial charge is 0.267 e. The van der Waals surface area contributed by atoms with E-state index in [1.165, 1.54) is 17.3 Å². The van der Waals surface area contributed by atoms with Gasteiger partial charge in [0.2, 0.25) is 5.16 Å². The maximum Gasteiger partial charge on any atom is 0.271 e. The number of carbonyl (C=O) groups is 1. The van der Waals surface area contributed by atoms with E-state index >= 15 is 0 Å². The lowest BCUT2D eigenvalue weighted by Gasteiger charge is -2.11. The Balaban J connectivity index is 1.75. The molecular weight excluding hydrogens is 344 g/mol. The number of benzene rings is 2. The summed E-state index contributed by atoms with van der Waals surface area (Å²) in [7, 11) is 0. The highest BCUT2D eigenvalue weighted by molar-refractivity contribution is 7.98. The average molecular weight is 359 g/mol. The topological polar surface area (TPSA) is 59.8 Å². The number of nitrogens with one attached hydrogen (secondary N) is 1. The summed E-state index contributed by atoms with van der Waals surface area (Å²) < 4.78 is 1.58. The minimum atomic E-state index is -0.301. The molecule has 2 aromatic carbocycles. The average Bonchev–Trinajstić information content (AvgIpc) is 2.94. The maximum absolute atomic E-state index is 12.4. The Morgan fingerprint density at radius 2 is 1.83 bits per heavy atom. The highest BCUT2D eigenvalue weighted by Crippen LogP contribution is 2.21. The lowest BCUT2D eigenvalue weighted by Crippen LogP contribution is -2.25. The second kappa shape index (κ2) is 7.51. The van der Waals surface area contributed by atoms with Crippen molar-refractivity contribution in [2.75, 3.05) is 5.43 Å². The van der Waals surface area contributed by atoms with Gasteiger partial charge in [-0.05, 0) is 24.6 Å². The number of thioether (sulfide) groups is 1. The van der Waals surface area contributed by atoms with Crippen LogP contribution in [0.25, 0.3) is 0 Å². The van der Waals surface area contributed by atoms with Crippen molar-refractivity contribution in [3.8, 4) is 0 Å². The molecule has 0 atom stereocenters. The van der Waals surface area contributed by atoms with Crippen LogP contribution in [0.15, 0.2) is 59.8 Å². The van der Waals surface area contributed by atoms with Gasteiger partial charge >= 0.3 is 0 Å². The molecule has 1 heterocycles. The molecule has 122 valence electrons. The SMILES string of the molecule is Cc1nnc(SCc2ccccc2)n1NC(=O)c1ccccc1Cl. The van der Waals surface area contributed by atoms with Gasteiger partial charge in [-0.25, -0.2) is 4.68 Å². The van der Waals surface area contributed by atoms with E-state index < -0.39 is 0 Å². The van der Waals surface area contributed by atoms with Gasteiger partial charge in [0.25, 0.3) is 5.91 Å². The van der Waals surface area contributed by atoms with E-state index in [0.29, 0.717) is 21.6 Å². The summed E-state index contributed by atoms with van der Waals surface area (Å²) in [5, 5.41) is 9.19. The first-order valence-electron chi connectivity index (χ1n) is 7.30. The maximum atomic E-state index is 12.4. The van der Waals surface area contributed by atoms with E-state index in [4.69, 9.17) is 11.6 Å². The molecule has 0 saturated carbocycles. The van der Waals surface area contributed by atoms with Gasteiger partial charge in [0.15, 0.2) is 0 Å². The van der Waals surface area contributed by atoms with Crippen LogP contribution in [0, 0.1) is 6.92 Å². The predicted octanol–water partition coefficient (Wildman–Crippen LogP) is 3.92. The number of hydrogen-bond donors (Lipinski definition) is 1. The number of nitrogens with zero attached hydrogens (tertiary/aromatic N) is 3. The molecule has 24 heavy (non-hydrogen) atoms. The first-order valence-corrected chi connectivity index (χ1v) is 8.66. The lowest BCUT2D eigenvalue weighted by molar-refractivity contribution is 0.101. The fourth-order valence-corrected chi connectivity index (χ4v) is 3.21. The van der Waals surface area contributed by atoms with Crippen molar-refractivity contribution in [1.82, 2.24) is 14.9 Å². The van der Waals surface area contributed by atoms with Crippen molar-refractivity contribution in [2.24, 2.45) is 0 Å². The molecule has 1 N–H and O–H groups in total. The van der Waals surface area contributed by atoms with Gasteiger partial charge in [-0.15, -0.1) is 10.2 Å². The zero-order valence-electron chi connectivity index (χ0n) is 12.9. The minimum Gasteiger partial charge on any atom is -0.267 e. The van der Waals surface area contributed by atoms with Crippen molar-refractivity contribution in [1.29, 1.82) is 0 Å². The van der Waals surface area contributed by atoms with Crippen LogP contribution in [-0.4, -0.2) is 20.8 Å². The summed E-state index contributed by atoms with van der Waals surface area (Å²) in [5.41, 5.74) is 4.38. The molecule has 1 aromatic heterocycles. The number of aryl methyl sites for hydroxylation is 1. The highest BCUT2D eigenvalue weighted by atomic mass is 35.5. The van der Waals surface area contributed by atoms with E-state index in [9.17, 15) is 4.79 Å².